The average molecular weight is 513 g/mol. The molecule has 2 heterocycles. The Hall–Kier alpha value is -2.54. The fourth-order valence-electron chi connectivity index (χ4n) is 5.90. The maximum absolute atomic E-state index is 13.3. The zero-order valence-electron chi connectivity index (χ0n) is 20.2. The molecule has 5 rings (SSSR count). The number of carbonyl (C=O) groups excluding carboxylic acids is 1. The van der Waals surface area contributed by atoms with Gasteiger partial charge in [-0.25, -0.2) is 8.78 Å². The number of nitrogens with zero attached hydrogens (tertiary/aromatic N) is 2. The number of carbonyl (C=O) groups is 1. The second-order valence-corrected chi connectivity index (χ2v) is 10.7. The molecule has 2 fully saturated rings. The molecule has 1 aliphatic carbocycles. The Balaban J connectivity index is 1.08. The zero-order valence-corrected chi connectivity index (χ0v) is 20.9. The number of β-amino-alcohol motifs (C(OH)–C–C–N with tert-alkyl or cyclic N) is 1. The third-order valence-electron chi connectivity index (χ3n) is 8.02. The number of aliphatic hydroxyl groups is 1. The van der Waals surface area contributed by atoms with Crippen LogP contribution in [0.2, 0.25) is 5.02 Å². The van der Waals surface area contributed by atoms with Crippen molar-refractivity contribution in [3.63, 3.8) is 0 Å². The molecule has 1 amide bonds. The molecule has 0 aromatic heterocycles. The summed E-state index contributed by atoms with van der Waals surface area (Å²) in [4.78, 5) is 16.6. The van der Waals surface area contributed by atoms with Crippen LogP contribution in [0.1, 0.15) is 42.4 Å². The number of halogens is 3. The Morgan fingerprint density at radius 1 is 1.08 bits per heavy atom. The summed E-state index contributed by atoms with van der Waals surface area (Å²) in [6, 6.07) is 9.34. The van der Waals surface area contributed by atoms with E-state index in [1.807, 2.05) is 12.1 Å². The van der Waals surface area contributed by atoms with E-state index < -0.39 is 17.7 Å². The van der Waals surface area contributed by atoms with E-state index in [-0.39, 0.29) is 17.2 Å². The summed E-state index contributed by atoms with van der Waals surface area (Å²) in [5, 5.41) is 11.7. The molecule has 1 spiro atoms. The van der Waals surface area contributed by atoms with Crippen molar-refractivity contribution in [3.05, 3.63) is 81.9 Å². The molecule has 190 valence electrons. The largest absolute Gasteiger partial charge is 0.392 e. The summed E-state index contributed by atoms with van der Waals surface area (Å²) in [6.45, 7) is 3.65. The predicted octanol–water partition coefficient (Wildman–Crippen LogP) is 5.29. The molecule has 0 saturated carbocycles. The molecule has 3 aliphatic rings. The third-order valence-corrected chi connectivity index (χ3v) is 8.26. The minimum Gasteiger partial charge on any atom is -0.392 e. The van der Waals surface area contributed by atoms with E-state index in [0.717, 1.165) is 49.9 Å². The van der Waals surface area contributed by atoms with Crippen molar-refractivity contribution < 1.29 is 18.7 Å². The molecule has 1 N–H and O–H groups in total. The highest BCUT2D eigenvalue weighted by atomic mass is 35.5. The first kappa shape index (κ1) is 25.1. The van der Waals surface area contributed by atoms with E-state index in [4.69, 9.17) is 11.6 Å². The lowest BCUT2D eigenvalue weighted by Crippen LogP contribution is -2.47. The van der Waals surface area contributed by atoms with Gasteiger partial charge in [0.15, 0.2) is 0 Å². The molecule has 2 aromatic rings. The average Bonchev–Trinajstić information content (AvgIpc) is 3.20. The first-order chi connectivity index (χ1) is 17.3. The van der Waals surface area contributed by atoms with Gasteiger partial charge < -0.3 is 14.9 Å². The number of hydrogen-bond donors (Lipinski definition) is 1. The molecule has 4 nitrogen and oxygen atoms in total. The lowest BCUT2D eigenvalue weighted by atomic mass is 9.74. The molecule has 7 heteroatoms. The summed E-state index contributed by atoms with van der Waals surface area (Å²) >= 11 is 6.16. The molecular weight excluding hydrogens is 482 g/mol. The van der Waals surface area contributed by atoms with E-state index in [1.54, 1.807) is 4.90 Å². The summed E-state index contributed by atoms with van der Waals surface area (Å²) in [6.07, 6.45) is 10.4. The summed E-state index contributed by atoms with van der Waals surface area (Å²) in [5.74, 6) is -1.37. The third kappa shape index (κ3) is 5.41. The van der Waals surface area contributed by atoms with Crippen molar-refractivity contribution in [1.29, 1.82) is 0 Å². The highest BCUT2D eigenvalue weighted by molar-refractivity contribution is 6.30. The molecule has 0 bridgehead atoms. The van der Waals surface area contributed by atoms with Gasteiger partial charge in [-0.1, -0.05) is 29.8 Å². The number of fused-ring (bicyclic) bond motifs is 2. The molecular formula is C29H31ClF2N2O2. The molecule has 36 heavy (non-hydrogen) atoms. The van der Waals surface area contributed by atoms with Gasteiger partial charge in [0.1, 0.15) is 11.6 Å². The lowest BCUT2D eigenvalue weighted by molar-refractivity contribution is -0.128. The first-order valence-corrected chi connectivity index (χ1v) is 13.0. The summed E-state index contributed by atoms with van der Waals surface area (Å²) in [7, 11) is 0. The highest BCUT2D eigenvalue weighted by Crippen LogP contribution is 2.44. The minimum atomic E-state index is -0.671. The highest BCUT2D eigenvalue weighted by Gasteiger charge is 2.39. The molecule has 1 atom stereocenters. The van der Waals surface area contributed by atoms with Crippen LogP contribution in [-0.2, 0) is 10.2 Å². The van der Waals surface area contributed by atoms with Crippen molar-refractivity contribution >= 4 is 29.7 Å². The SMILES string of the molecule is O=C(C=Cc1cc(F)cc(F)c1)N1CCC(C(O)CN2CCC3(C=Cc4cc(Cl)ccc43)CC2)CC1. The van der Waals surface area contributed by atoms with E-state index in [1.165, 1.54) is 35.4 Å². The number of amides is 1. The van der Waals surface area contributed by atoms with Gasteiger partial charge in [0.25, 0.3) is 0 Å². The van der Waals surface area contributed by atoms with Gasteiger partial charge >= 0.3 is 0 Å². The Kier molecular flexibility index (Phi) is 7.29. The number of likely N-dealkylation sites (tertiary alicyclic amines) is 2. The van der Waals surface area contributed by atoms with Crippen molar-refractivity contribution in [3.8, 4) is 0 Å². The minimum absolute atomic E-state index is 0.0812. The van der Waals surface area contributed by atoms with Gasteiger partial charge in [-0.15, -0.1) is 0 Å². The van der Waals surface area contributed by atoms with Gasteiger partial charge in [0, 0.05) is 42.2 Å². The Labute approximate surface area is 215 Å². The zero-order chi connectivity index (χ0) is 25.3. The maximum Gasteiger partial charge on any atom is 0.246 e. The molecule has 2 aromatic carbocycles. The summed E-state index contributed by atoms with van der Waals surface area (Å²) < 4.78 is 26.7. The molecule has 0 radical (unpaired) electrons. The Morgan fingerprint density at radius 3 is 2.47 bits per heavy atom. The van der Waals surface area contributed by atoms with Crippen LogP contribution >= 0.6 is 11.6 Å². The standard InChI is InChI=1S/C29H31ClF2N2O2/c30-23-2-3-26-22(17-23)5-8-29(26)9-13-33(14-10-29)19-27(35)21-6-11-34(12-7-21)28(36)4-1-20-15-24(31)18-25(32)16-20/h1-5,8,15-18,21,27,35H,6-7,9-14,19H2. The Bertz CT molecular complexity index is 1160. The fourth-order valence-corrected chi connectivity index (χ4v) is 6.08. The number of benzene rings is 2. The van der Waals surface area contributed by atoms with Crippen LogP contribution in [-0.4, -0.2) is 59.6 Å². The molecule has 2 saturated heterocycles. The monoisotopic (exact) mass is 512 g/mol. The number of hydrogen-bond acceptors (Lipinski definition) is 3. The van der Waals surface area contributed by atoms with Crippen molar-refractivity contribution in [2.24, 2.45) is 5.92 Å². The van der Waals surface area contributed by atoms with E-state index >= 15 is 0 Å². The van der Waals surface area contributed by atoms with Crippen molar-refractivity contribution in [2.75, 3.05) is 32.7 Å². The van der Waals surface area contributed by atoms with Crippen molar-refractivity contribution in [1.82, 2.24) is 9.80 Å². The van der Waals surface area contributed by atoms with Gasteiger partial charge in [-0.3, -0.25) is 4.79 Å². The number of allylic oxidation sites excluding steroid dienone is 1. The normalized spacial score (nSPS) is 20.8. The van der Waals surface area contributed by atoms with Crippen LogP contribution in [0, 0.1) is 17.6 Å². The van der Waals surface area contributed by atoms with E-state index in [9.17, 15) is 18.7 Å². The van der Waals surface area contributed by atoms with Crippen LogP contribution in [0.15, 0.2) is 48.6 Å². The van der Waals surface area contributed by atoms with Crippen LogP contribution in [0.4, 0.5) is 8.78 Å². The topological polar surface area (TPSA) is 43.8 Å². The number of rotatable bonds is 5. The van der Waals surface area contributed by atoms with E-state index in [0.29, 0.717) is 25.2 Å². The van der Waals surface area contributed by atoms with Crippen LogP contribution in [0.3, 0.4) is 0 Å². The molecule has 2 aliphatic heterocycles. The smallest absolute Gasteiger partial charge is 0.246 e. The van der Waals surface area contributed by atoms with Crippen LogP contribution in [0.25, 0.3) is 12.2 Å². The van der Waals surface area contributed by atoms with E-state index in [2.05, 4.69) is 23.1 Å². The first-order valence-electron chi connectivity index (χ1n) is 12.6. The summed E-state index contributed by atoms with van der Waals surface area (Å²) in [5.41, 5.74) is 2.98. The van der Waals surface area contributed by atoms with Gasteiger partial charge in [0.2, 0.25) is 5.91 Å². The lowest BCUT2D eigenvalue weighted by Gasteiger charge is -2.41. The quantitative estimate of drug-likeness (QED) is 0.553. The number of aliphatic hydroxyl groups excluding tert-OH is 1. The predicted molar refractivity (Wildman–Crippen MR) is 139 cm³/mol. The van der Waals surface area contributed by atoms with Gasteiger partial charge in [0.05, 0.1) is 6.10 Å². The van der Waals surface area contributed by atoms with Gasteiger partial charge in [-0.05, 0) is 91.7 Å². The number of piperidine rings is 2. The van der Waals surface area contributed by atoms with Gasteiger partial charge in [-0.2, -0.15) is 0 Å². The fraction of sp³-hybridized carbons (Fsp3) is 0.414. The van der Waals surface area contributed by atoms with Crippen LogP contribution in [0.5, 0.6) is 0 Å². The second-order valence-electron chi connectivity index (χ2n) is 10.3. The van der Waals surface area contributed by atoms with Crippen LogP contribution < -0.4 is 0 Å². The molecule has 1 unspecified atom stereocenters. The van der Waals surface area contributed by atoms with Crippen molar-refractivity contribution in [2.45, 2.75) is 37.2 Å². The maximum atomic E-state index is 13.3. The second kappa shape index (κ2) is 10.4. The Morgan fingerprint density at radius 2 is 1.78 bits per heavy atom.